The zero-order valence-electron chi connectivity index (χ0n) is 16.7. The van der Waals surface area contributed by atoms with Crippen molar-refractivity contribution in [2.75, 3.05) is 25.1 Å². The number of aryl methyl sites for hydroxylation is 1. The molecule has 1 aliphatic rings. The van der Waals surface area contributed by atoms with Gasteiger partial charge in [-0.25, -0.2) is 4.79 Å². The third-order valence-electron chi connectivity index (χ3n) is 5.01. The Hall–Kier alpha value is -2.71. The normalized spacial score (nSPS) is 15.6. The van der Waals surface area contributed by atoms with Crippen LogP contribution in [-0.2, 0) is 20.7 Å². The molecule has 1 aliphatic heterocycles. The number of esters is 1. The summed E-state index contributed by atoms with van der Waals surface area (Å²) in [6.07, 6.45) is 4.18. The van der Waals surface area contributed by atoms with E-state index in [2.05, 4.69) is 25.5 Å². The van der Waals surface area contributed by atoms with Gasteiger partial charge in [-0.05, 0) is 37.3 Å². The molecule has 1 fully saturated rings. The third kappa shape index (κ3) is 4.58. The third-order valence-corrected chi connectivity index (χ3v) is 5.01. The van der Waals surface area contributed by atoms with Crippen LogP contribution in [0, 0.1) is 5.92 Å². The van der Waals surface area contributed by atoms with Gasteiger partial charge >= 0.3 is 5.97 Å². The first-order valence-electron chi connectivity index (χ1n) is 9.83. The van der Waals surface area contributed by atoms with Crippen molar-refractivity contribution in [3.63, 3.8) is 0 Å². The van der Waals surface area contributed by atoms with Gasteiger partial charge in [-0.2, -0.15) is 4.52 Å². The van der Waals surface area contributed by atoms with Crippen LogP contribution < -0.4 is 10.2 Å². The van der Waals surface area contributed by atoms with Crippen LogP contribution in [0.3, 0.4) is 0 Å². The number of carbonyl (C=O) groups is 2. The fraction of sp³-hybridized carbons (Fsp3) is 0.632. The molecule has 9 nitrogen and oxygen atoms in total. The second-order valence-electron chi connectivity index (χ2n) is 7.44. The number of carbonyl (C=O) groups excluding carboxylic acids is 2. The monoisotopic (exact) mass is 388 g/mol. The van der Waals surface area contributed by atoms with Crippen molar-refractivity contribution in [3.05, 3.63) is 18.0 Å². The minimum atomic E-state index is -0.656. The van der Waals surface area contributed by atoms with Crippen LogP contribution in [0.1, 0.15) is 45.4 Å². The first-order valence-corrected chi connectivity index (χ1v) is 9.83. The van der Waals surface area contributed by atoms with Crippen molar-refractivity contribution >= 4 is 23.3 Å². The van der Waals surface area contributed by atoms with Crippen LogP contribution in [0.2, 0.25) is 0 Å². The Bertz CT molecular complexity index is 828. The van der Waals surface area contributed by atoms with E-state index in [1.807, 2.05) is 26.0 Å². The molecule has 2 aromatic heterocycles. The molecule has 0 bridgehead atoms. The van der Waals surface area contributed by atoms with Crippen molar-refractivity contribution in [1.82, 2.24) is 25.1 Å². The average Bonchev–Trinajstić information content (AvgIpc) is 3.12. The molecule has 0 aliphatic carbocycles. The molecule has 0 radical (unpaired) electrons. The maximum Gasteiger partial charge on any atom is 0.328 e. The minimum absolute atomic E-state index is 0.0564. The number of rotatable bonds is 7. The summed E-state index contributed by atoms with van der Waals surface area (Å²) in [5.41, 5.74) is 0.658. The van der Waals surface area contributed by atoms with Crippen molar-refractivity contribution in [3.8, 4) is 0 Å². The van der Waals surface area contributed by atoms with E-state index in [0.717, 1.165) is 18.9 Å². The number of anilines is 1. The molecule has 3 rings (SSSR count). The van der Waals surface area contributed by atoms with E-state index >= 15 is 0 Å². The molecule has 1 amide bonds. The molecule has 9 heteroatoms. The lowest BCUT2D eigenvalue weighted by atomic mass is 10.0. The van der Waals surface area contributed by atoms with Crippen LogP contribution >= 0.6 is 0 Å². The van der Waals surface area contributed by atoms with Crippen LogP contribution in [0.25, 0.3) is 5.65 Å². The second-order valence-corrected chi connectivity index (χ2v) is 7.44. The van der Waals surface area contributed by atoms with Crippen molar-refractivity contribution in [2.24, 2.45) is 5.92 Å². The molecule has 2 aromatic rings. The van der Waals surface area contributed by atoms with Crippen LogP contribution in [-0.4, -0.2) is 57.9 Å². The lowest BCUT2D eigenvalue weighted by Crippen LogP contribution is -2.45. The molecule has 1 N–H and O–H groups in total. The van der Waals surface area contributed by atoms with Gasteiger partial charge in [-0.3, -0.25) is 4.79 Å². The Kier molecular flexibility index (Phi) is 6.43. The van der Waals surface area contributed by atoms with E-state index in [4.69, 9.17) is 4.74 Å². The van der Waals surface area contributed by atoms with Gasteiger partial charge in [-0.1, -0.05) is 13.8 Å². The van der Waals surface area contributed by atoms with Gasteiger partial charge in [0.15, 0.2) is 11.5 Å². The van der Waals surface area contributed by atoms with Gasteiger partial charge in [0.2, 0.25) is 5.91 Å². The summed E-state index contributed by atoms with van der Waals surface area (Å²) in [6.45, 7) is 5.73. The summed E-state index contributed by atoms with van der Waals surface area (Å²) in [6, 6.07) is 3.21. The Morgan fingerprint density at radius 3 is 2.61 bits per heavy atom. The van der Waals surface area contributed by atoms with Gasteiger partial charge in [0.1, 0.15) is 11.9 Å². The molecule has 0 spiro atoms. The lowest BCUT2D eigenvalue weighted by Gasteiger charge is -2.27. The van der Waals surface area contributed by atoms with E-state index in [1.54, 1.807) is 4.52 Å². The highest BCUT2D eigenvalue weighted by atomic mass is 16.5. The number of aromatic nitrogens is 4. The molecule has 3 heterocycles. The second kappa shape index (κ2) is 8.99. The molecule has 152 valence electrons. The summed E-state index contributed by atoms with van der Waals surface area (Å²) in [7, 11) is 1.32. The fourth-order valence-electron chi connectivity index (χ4n) is 3.37. The Morgan fingerprint density at radius 1 is 1.18 bits per heavy atom. The Morgan fingerprint density at radius 2 is 1.93 bits per heavy atom. The zero-order valence-corrected chi connectivity index (χ0v) is 16.7. The quantitative estimate of drug-likeness (QED) is 0.715. The molecular weight excluding hydrogens is 360 g/mol. The van der Waals surface area contributed by atoms with Crippen LogP contribution in [0.15, 0.2) is 12.1 Å². The van der Waals surface area contributed by atoms with Crippen LogP contribution in [0.4, 0.5) is 5.82 Å². The van der Waals surface area contributed by atoms with Crippen molar-refractivity contribution in [1.29, 1.82) is 0 Å². The number of nitrogens with one attached hydrogen (secondary N) is 1. The summed E-state index contributed by atoms with van der Waals surface area (Å²) < 4.78 is 6.46. The maximum atomic E-state index is 12.3. The molecule has 0 saturated carbocycles. The van der Waals surface area contributed by atoms with Gasteiger partial charge in [0, 0.05) is 25.9 Å². The van der Waals surface area contributed by atoms with Crippen LogP contribution in [0.5, 0.6) is 0 Å². The van der Waals surface area contributed by atoms with Crippen molar-refractivity contribution < 1.29 is 14.3 Å². The number of fused-ring (bicyclic) bond motifs is 1. The van der Waals surface area contributed by atoms with Gasteiger partial charge in [0.25, 0.3) is 0 Å². The summed E-state index contributed by atoms with van der Waals surface area (Å²) in [4.78, 5) is 26.4. The fourth-order valence-corrected chi connectivity index (χ4v) is 3.37. The first kappa shape index (κ1) is 20.0. The first-order chi connectivity index (χ1) is 13.5. The van der Waals surface area contributed by atoms with Gasteiger partial charge in [0.05, 0.1) is 7.11 Å². The van der Waals surface area contributed by atoms with E-state index < -0.39 is 12.0 Å². The largest absolute Gasteiger partial charge is 0.467 e. The van der Waals surface area contributed by atoms with Gasteiger partial charge < -0.3 is 15.0 Å². The maximum absolute atomic E-state index is 12.3. The number of hydrogen-bond acceptors (Lipinski definition) is 7. The summed E-state index contributed by atoms with van der Waals surface area (Å²) in [5, 5.41) is 15.7. The number of ether oxygens (including phenoxy) is 1. The Balaban J connectivity index is 1.66. The summed E-state index contributed by atoms with van der Waals surface area (Å²) in [5.74, 6) is 0.808. The predicted molar refractivity (Wildman–Crippen MR) is 104 cm³/mol. The Labute approximate surface area is 164 Å². The zero-order chi connectivity index (χ0) is 20.1. The van der Waals surface area contributed by atoms with E-state index in [0.29, 0.717) is 17.9 Å². The molecule has 1 atom stereocenters. The lowest BCUT2D eigenvalue weighted by molar-refractivity contribution is -0.146. The molecular formula is C19H28N6O3. The van der Waals surface area contributed by atoms with Gasteiger partial charge in [-0.15, -0.1) is 15.3 Å². The van der Waals surface area contributed by atoms with E-state index in [9.17, 15) is 9.59 Å². The van der Waals surface area contributed by atoms with Crippen molar-refractivity contribution in [2.45, 2.75) is 52.0 Å². The highest BCUT2D eigenvalue weighted by Crippen LogP contribution is 2.18. The minimum Gasteiger partial charge on any atom is -0.467 e. The van der Waals surface area contributed by atoms with E-state index in [1.165, 1.54) is 26.4 Å². The average molecular weight is 388 g/mol. The predicted octanol–water partition coefficient (Wildman–Crippen LogP) is 1.36. The number of methoxy groups -OCH3 is 1. The molecule has 0 unspecified atom stereocenters. The SMILES string of the molecule is COC(=O)[C@@H](NC(=O)CCc1nnc2ccc(N3CCCCC3)nn12)C(C)C. The number of amides is 1. The standard InChI is InChI=1S/C19H28N6O3/c1-13(2)18(19(27)28-3)20-17(26)10-9-15-22-21-14-7-8-16(23-25(14)15)24-11-5-4-6-12-24/h7-8,13,18H,4-6,9-12H2,1-3H3,(H,20,26)/t18-/m0/s1. The highest BCUT2D eigenvalue weighted by Gasteiger charge is 2.25. The number of hydrogen-bond donors (Lipinski definition) is 1. The smallest absolute Gasteiger partial charge is 0.328 e. The summed E-state index contributed by atoms with van der Waals surface area (Å²) >= 11 is 0. The molecule has 1 saturated heterocycles. The molecule has 0 aromatic carbocycles. The van der Waals surface area contributed by atoms with E-state index in [-0.39, 0.29) is 18.2 Å². The number of piperidine rings is 1. The topological polar surface area (TPSA) is 102 Å². The molecule has 28 heavy (non-hydrogen) atoms. The highest BCUT2D eigenvalue weighted by molar-refractivity contribution is 5.84. The number of nitrogens with zero attached hydrogens (tertiary/aromatic N) is 5.